The van der Waals surface area contributed by atoms with Crippen LogP contribution in [0.25, 0.3) is 21.3 Å². The van der Waals surface area contributed by atoms with Crippen molar-refractivity contribution < 1.29 is 9.59 Å². The van der Waals surface area contributed by atoms with Crippen molar-refractivity contribution in [1.29, 1.82) is 0 Å². The number of carbonyl (C=O) groups excluding carboxylic acids is 2. The van der Waals surface area contributed by atoms with Crippen molar-refractivity contribution in [3.63, 3.8) is 0 Å². The Morgan fingerprint density at radius 2 is 2.09 bits per heavy atom. The molecule has 1 aliphatic heterocycles. The lowest BCUT2D eigenvalue weighted by molar-refractivity contribution is -0.120. The molecule has 2 amide bonds. The fourth-order valence-corrected chi connectivity index (χ4v) is 5.15. The second-order valence-electron chi connectivity index (χ2n) is 8.25. The van der Waals surface area contributed by atoms with Crippen molar-refractivity contribution in [2.75, 3.05) is 25.0 Å². The topological polar surface area (TPSA) is 113 Å². The highest BCUT2D eigenvalue weighted by Crippen LogP contribution is 2.31. The number of nitrogens with one attached hydrogen (secondary N) is 4. The lowest BCUT2D eigenvalue weighted by Gasteiger charge is -2.23. The van der Waals surface area contributed by atoms with Crippen molar-refractivity contribution in [2.24, 2.45) is 7.05 Å². The molecule has 3 heterocycles. The van der Waals surface area contributed by atoms with Crippen LogP contribution in [0, 0.1) is 0 Å². The molecule has 0 aliphatic carbocycles. The van der Waals surface area contributed by atoms with Crippen LogP contribution in [0.4, 0.5) is 11.1 Å². The summed E-state index contributed by atoms with van der Waals surface area (Å²) >= 11 is 7.56. The van der Waals surface area contributed by atoms with Gasteiger partial charge in [0.1, 0.15) is 0 Å². The van der Waals surface area contributed by atoms with Crippen LogP contribution in [0.2, 0.25) is 5.02 Å². The summed E-state index contributed by atoms with van der Waals surface area (Å²) in [6.07, 6.45) is 1.98. The van der Waals surface area contributed by atoms with Crippen LogP contribution in [0.15, 0.2) is 36.4 Å². The number of fused-ring (bicyclic) bond motifs is 2. The number of anilines is 2. The van der Waals surface area contributed by atoms with E-state index in [0.717, 1.165) is 41.7 Å². The lowest BCUT2D eigenvalue weighted by atomic mass is 10.1. The third-order valence-electron chi connectivity index (χ3n) is 5.78. The summed E-state index contributed by atoms with van der Waals surface area (Å²) in [4.78, 5) is 34.0. The van der Waals surface area contributed by atoms with Crippen LogP contribution in [0.1, 0.15) is 23.2 Å². The number of hydrogen-bond acceptors (Lipinski definition) is 7. The van der Waals surface area contributed by atoms with E-state index < -0.39 is 0 Å². The molecular weight excluding hydrogens is 474 g/mol. The van der Waals surface area contributed by atoms with Crippen molar-refractivity contribution in [3.8, 4) is 0 Å². The van der Waals surface area contributed by atoms with Crippen molar-refractivity contribution in [2.45, 2.75) is 18.9 Å². The number of aryl methyl sites for hydroxylation is 1. The molecule has 176 valence electrons. The Kier molecular flexibility index (Phi) is 6.36. The quantitative estimate of drug-likeness (QED) is 0.325. The second kappa shape index (κ2) is 9.57. The van der Waals surface area contributed by atoms with Gasteiger partial charge in [0.15, 0.2) is 5.13 Å². The van der Waals surface area contributed by atoms with Gasteiger partial charge >= 0.3 is 0 Å². The number of amides is 2. The number of nitrogens with zero attached hydrogens (tertiary/aromatic N) is 3. The highest BCUT2D eigenvalue weighted by molar-refractivity contribution is 7.22. The Bertz CT molecular complexity index is 1380. The van der Waals surface area contributed by atoms with E-state index in [2.05, 4.69) is 31.2 Å². The first kappa shape index (κ1) is 22.6. The molecule has 1 fully saturated rings. The zero-order valence-corrected chi connectivity index (χ0v) is 20.1. The zero-order valence-electron chi connectivity index (χ0n) is 18.5. The number of rotatable bonds is 6. The Morgan fingerprint density at radius 1 is 1.21 bits per heavy atom. The van der Waals surface area contributed by atoms with E-state index in [9.17, 15) is 9.59 Å². The minimum absolute atomic E-state index is 0.0655. The molecule has 0 bridgehead atoms. The number of aromatic nitrogens is 3. The summed E-state index contributed by atoms with van der Waals surface area (Å²) in [6.45, 7) is 1.67. The fraction of sp³-hybridized carbons (Fsp3) is 0.304. The first-order valence-electron chi connectivity index (χ1n) is 11.0. The van der Waals surface area contributed by atoms with E-state index in [1.54, 1.807) is 12.1 Å². The molecule has 0 radical (unpaired) electrons. The van der Waals surface area contributed by atoms with E-state index in [-0.39, 0.29) is 24.4 Å². The molecule has 2 aromatic heterocycles. The molecule has 5 rings (SSSR count). The van der Waals surface area contributed by atoms with E-state index in [4.69, 9.17) is 11.6 Å². The monoisotopic (exact) mass is 497 g/mol. The number of halogens is 1. The van der Waals surface area contributed by atoms with Crippen molar-refractivity contribution >= 4 is 67.1 Å². The normalized spacial score (nSPS) is 16.0. The highest BCUT2D eigenvalue weighted by Gasteiger charge is 2.17. The van der Waals surface area contributed by atoms with Crippen LogP contribution in [-0.4, -0.2) is 52.0 Å². The number of imidazole rings is 1. The van der Waals surface area contributed by atoms with Gasteiger partial charge in [-0.05, 0) is 55.8 Å². The average Bonchev–Trinajstić information content (AvgIpc) is 3.37. The molecule has 1 unspecified atom stereocenters. The standard InChI is InChI=1S/C23H24ClN7O2S/c1-31-18-7-4-13(21(33)26-12-20(32)27-15-3-2-8-25-11-15)9-17(18)28-22(31)30-23-29-16-6-5-14(24)10-19(16)34-23/h4-7,9-10,15,25H,2-3,8,11-12H2,1H3,(H,26,33)(H,27,32)(H,28,29,30). The van der Waals surface area contributed by atoms with E-state index in [0.29, 0.717) is 27.2 Å². The maximum Gasteiger partial charge on any atom is 0.251 e. The molecular formula is C23H24ClN7O2S. The van der Waals surface area contributed by atoms with Gasteiger partial charge in [-0.25, -0.2) is 9.97 Å². The predicted octanol–water partition coefficient (Wildman–Crippen LogP) is 3.18. The first-order chi connectivity index (χ1) is 16.5. The molecule has 0 saturated carbocycles. The molecule has 4 aromatic rings. The molecule has 1 aliphatic rings. The Labute approximate surface area is 204 Å². The zero-order chi connectivity index (χ0) is 23.7. The molecule has 9 nitrogen and oxygen atoms in total. The van der Waals surface area contributed by atoms with Gasteiger partial charge < -0.3 is 25.8 Å². The number of carbonyl (C=O) groups is 2. The Hall–Kier alpha value is -3.21. The number of piperidine rings is 1. The molecule has 2 aromatic carbocycles. The number of hydrogen-bond donors (Lipinski definition) is 4. The third kappa shape index (κ3) is 4.84. The third-order valence-corrected chi connectivity index (χ3v) is 6.95. The van der Waals surface area contributed by atoms with Crippen LogP contribution in [0.5, 0.6) is 0 Å². The summed E-state index contributed by atoms with van der Waals surface area (Å²) in [5.74, 6) is 0.102. The maximum absolute atomic E-state index is 12.6. The van der Waals surface area contributed by atoms with Gasteiger partial charge in [-0.1, -0.05) is 22.9 Å². The first-order valence-corrected chi connectivity index (χ1v) is 12.2. The van der Waals surface area contributed by atoms with E-state index in [1.807, 2.05) is 35.9 Å². The Morgan fingerprint density at radius 3 is 2.91 bits per heavy atom. The van der Waals surface area contributed by atoms with Gasteiger partial charge in [-0.15, -0.1) is 0 Å². The SMILES string of the molecule is Cn1c(Nc2nc3ccc(Cl)cc3s2)nc2cc(C(=O)NCC(=O)NC3CCCNC3)ccc21. The van der Waals surface area contributed by atoms with Gasteiger partial charge in [-0.3, -0.25) is 9.59 Å². The van der Waals surface area contributed by atoms with E-state index in [1.165, 1.54) is 11.3 Å². The van der Waals surface area contributed by atoms with Crippen molar-refractivity contribution in [3.05, 3.63) is 47.0 Å². The fourth-order valence-electron chi connectivity index (χ4n) is 4.02. The van der Waals surface area contributed by atoms with Crippen LogP contribution < -0.4 is 21.3 Å². The van der Waals surface area contributed by atoms with Crippen LogP contribution in [0.3, 0.4) is 0 Å². The van der Waals surface area contributed by atoms with Gasteiger partial charge in [0.05, 0.1) is 27.8 Å². The smallest absolute Gasteiger partial charge is 0.251 e. The van der Waals surface area contributed by atoms with Crippen molar-refractivity contribution in [1.82, 2.24) is 30.5 Å². The average molecular weight is 498 g/mol. The summed E-state index contributed by atoms with van der Waals surface area (Å²) in [5.41, 5.74) is 2.84. The summed E-state index contributed by atoms with van der Waals surface area (Å²) < 4.78 is 2.89. The number of thiazole rings is 1. The summed E-state index contributed by atoms with van der Waals surface area (Å²) in [7, 11) is 1.89. The Balaban J connectivity index is 1.26. The van der Waals surface area contributed by atoms with Crippen LogP contribution >= 0.6 is 22.9 Å². The summed E-state index contributed by atoms with van der Waals surface area (Å²) in [6, 6.07) is 11.0. The van der Waals surface area contributed by atoms with Gasteiger partial charge in [0, 0.05) is 30.2 Å². The second-order valence-corrected chi connectivity index (χ2v) is 9.71. The minimum Gasteiger partial charge on any atom is -0.351 e. The molecule has 11 heteroatoms. The molecule has 0 spiro atoms. The van der Waals surface area contributed by atoms with Gasteiger partial charge in [-0.2, -0.15) is 0 Å². The van der Waals surface area contributed by atoms with Crippen LogP contribution in [-0.2, 0) is 11.8 Å². The predicted molar refractivity (Wildman–Crippen MR) is 135 cm³/mol. The number of benzene rings is 2. The lowest BCUT2D eigenvalue weighted by Crippen LogP contribution is -2.48. The molecule has 4 N–H and O–H groups in total. The molecule has 34 heavy (non-hydrogen) atoms. The van der Waals surface area contributed by atoms with E-state index >= 15 is 0 Å². The minimum atomic E-state index is -0.318. The highest BCUT2D eigenvalue weighted by atomic mass is 35.5. The molecule has 1 saturated heterocycles. The largest absolute Gasteiger partial charge is 0.351 e. The van der Waals surface area contributed by atoms with Gasteiger partial charge in [0.2, 0.25) is 11.9 Å². The molecule has 1 atom stereocenters. The maximum atomic E-state index is 12.6. The summed E-state index contributed by atoms with van der Waals surface area (Å²) in [5, 5.41) is 13.5. The van der Waals surface area contributed by atoms with Gasteiger partial charge in [0.25, 0.3) is 5.91 Å².